The van der Waals surface area contributed by atoms with E-state index in [4.69, 9.17) is 5.11 Å². The van der Waals surface area contributed by atoms with Gasteiger partial charge in [-0.25, -0.2) is 4.79 Å². The van der Waals surface area contributed by atoms with Crippen LogP contribution in [0.5, 0.6) is 0 Å². The lowest BCUT2D eigenvalue weighted by Gasteiger charge is -2.01. The summed E-state index contributed by atoms with van der Waals surface area (Å²) in [6.07, 6.45) is 4.44. The Kier molecular flexibility index (Phi) is 4.98. The third-order valence-corrected chi connectivity index (χ3v) is 3.28. The molecule has 1 aromatic rings. The zero-order valence-electron chi connectivity index (χ0n) is 9.16. The molecule has 88 valence electrons. The van der Waals surface area contributed by atoms with Gasteiger partial charge in [-0.2, -0.15) is 0 Å². The molecule has 1 rings (SSSR count). The Hall–Kier alpha value is -1.36. The second-order valence-corrected chi connectivity index (χ2v) is 4.37. The molecule has 1 aromatic heterocycles. The highest BCUT2D eigenvalue weighted by atomic mass is 32.1. The molecule has 0 unspecified atom stereocenters. The van der Waals surface area contributed by atoms with Gasteiger partial charge in [-0.1, -0.05) is 19.8 Å². The minimum atomic E-state index is -0.975. The van der Waals surface area contributed by atoms with Gasteiger partial charge in [0.05, 0.1) is 5.56 Å². The van der Waals surface area contributed by atoms with Crippen molar-refractivity contribution in [2.75, 3.05) is 5.32 Å². The topological polar surface area (TPSA) is 66.4 Å². The highest BCUT2D eigenvalue weighted by molar-refractivity contribution is 7.15. The number of hydrogen-bond acceptors (Lipinski definition) is 3. The SMILES string of the molecule is CCCCCc1csc(NC=O)c1C(=O)O. The zero-order chi connectivity index (χ0) is 12.0. The highest BCUT2D eigenvalue weighted by Gasteiger charge is 2.17. The van der Waals surface area contributed by atoms with Gasteiger partial charge in [0.1, 0.15) is 5.00 Å². The van der Waals surface area contributed by atoms with E-state index in [0.717, 1.165) is 31.2 Å². The Morgan fingerprint density at radius 3 is 2.88 bits per heavy atom. The lowest BCUT2D eigenvalue weighted by atomic mass is 10.1. The molecule has 0 aliphatic rings. The monoisotopic (exact) mass is 241 g/mol. The molecule has 0 saturated heterocycles. The molecule has 16 heavy (non-hydrogen) atoms. The van der Waals surface area contributed by atoms with E-state index >= 15 is 0 Å². The van der Waals surface area contributed by atoms with Crippen LogP contribution in [0.25, 0.3) is 0 Å². The Labute approximate surface area is 98.3 Å². The van der Waals surface area contributed by atoms with Crippen molar-refractivity contribution in [3.63, 3.8) is 0 Å². The summed E-state index contributed by atoms with van der Waals surface area (Å²) >= 11 is 1.26. The first kappa shape index (κ1) is 12.7. The molecule has 0 radical (unpaired) electrons. The molecular weight excluding hydrogens is 226 g/mol. The van der Waals surface area contributed by atoms with Gasteiger partial charge in [0.2, 0.25) is 6.41 Å². The van der Waals surface area contributed by atoms with Crippen LogP contribution in [-0.2, 0) is 11.2 Å². The van der Waals surface area contributed by atoms with E-state index in [9.17, 15) is 9.59 Å². The molecule has 5 heteroatoms. The van der Waals surface area contributed by atoms with Crippen molar-refractivity contribution in [2.24, 2.45) is 0 Å². The van der Waals surface area contributed by atoms with E-state index in [-0.39, 0.29) is 5.56 Å². The summed E-state index contributed by atoms with van der Waals surface area (Å²) in [5, 5.41) is 13.7. The van der Waals surface area contributed by atoms with Gasteiger partial charge in [0.25, 0.3) is 0 Å². The average molecular weight is 241 g/mol. The Morgan fingerprint density at radius 1 is 1.56 bits per heavy atom. The Balaban J connectivity index is 2.82. The van der Waals surface area contributed by atoms with Crippen molar-refractivity contribution in [3.05, 3.63) is 16.5 Å². The predicted octanol–water partition coefficient (Wildman–Crippen LogP) is 2.75. The molecule has 0 aliphatic carbocycles. The number of thiophene rings is 1. The van der Waals surface area contributed by atoms with Crippen LogP contribution >= 0.6 is 11.3 Å². The second-order valence-electron chi connectivity index (χ2n) is 3.49. The number of hydrogen-bond donors (Lipinski definition) is 2. The maximum absolute atomic E-state index is 11.1. The van der Waals surface area contributed by atoms with Gasteiger partial charge in [-0.3, -0.25) is 4.79 Å². The minimum absolute atomic E-state index is 0.244. The first-order valence-electron chi connectivity index (χ1n) is 5.24. The molecule has 0 spiro atoms. The van der Waals surface area contributed by atoms with Gasteiger partial charge in [0, 0.05) is 0 Å². The van der Waals surface area contributed by atoms with Crippen molar-refractivity contribution in [1.29, 1.82) is 0 Å². The maximum atomic E-state index is 11.1. The molecular formula is C11H15NO3S. The number of anilines is 1. The fraction of sp³-hybridized carbons (Fsp3) is 0.455. The normalized spacial score (nSPS) is 10.1. The standard InChI is InChI=1S/C11H15NO3S/c1-2-3-4-5-8-6-16-10(12-7-13)9(8)11(14)15/h6-7H,2-5H2,1H3,(H,12,13)(H,14,15). The summed E-state index contributed by atoms with van der Waals surface area (Å²) in [5.74, 6) is -0.975. The van der Waals surface area contributed by atoms with Crippen LogP contribution in [0.3, 0.4) is 0 Å². The van der Waals surface area contributed by atoms with E-state index in [1.165, 1.54) is 11.3 Å². The smallest absolute Gasteiger partial charge is 0.338 e. The number of nitrogens with one attached hydrogen (secondary N) is 1. The first-order chi connectivity index (χ1) is 7.70. The number of aromatic carboxylic acids is 1. The first-order valence-corrected chi connectivity index (χ1v) is 6.12. The van der Waals surface area contributed by atoms with Crippen LogP contribution in [0, 0.1) is 0 Å². The van der Waals surface area contributed by atoms with E-state index in [0.29, 0.717) is 11.4 Å². The van der Waals surface area contributed by atoms with Gasteiger partial charge in [-0.05, 0) is 23.8 Å². The average Bonchev–Trinajstić information content (AvgIpc) is 2.62. The lowest BCUT2D eigenvalue weighted by Crippen LogP contribution is -2.04. The summed E-state index contributed by atoms with van der Waals surface area (Å²) in [4.78, 5) is 21.4. The van der Waals surface area contributed by atoms with E-state index in [1.54, 1.807) is 0 Å². The highest BCUT2D eigenvalue weighted by Crippen LogP contribution is 2.29. The van der Waals surface area contributed by atoms with E-state index < -0.39 is 5.97 Å². The Morgan fingerprint density at radius 2 is 2.31 bits per heavy atom. The number of carboxylic acid groups (broad SMARTS) is 1. The van der Waals surface area contributed by atoms with Gasteiger partial charge in [-0.15, -0.1) is 11.3 Å². The molecule has 2 N–H and O–H groups in total. The summed E-state index contributed by atoms with van der Waals surface area (Å²) in [7, 11) is 0. The molecule has 0 bridgehead atoms. The van der Waals surface area contributed by atoms with Crippen molar-refractivity contribution in [3.8, 4) is 0 Å². The fourth-order valence-electron chi connectivity index (χ4n) is 1.54. The van der Waals surface area contributed by atoms with E-state index in [1.807, 2.05) is 5.38 Å². The molecule has 1 amide bonds. The number of carbonyl (C=O) groups is 2. The summed E-state index contributed by atoms with van der Waals surface area (Å²) in [6, 6.07) is 0. The number of amides is 1. The lowest BCUT2D eigenvalue weighted by molar-refractivity contribution is -0.105. The maximum Gasteiger partial charge on any atom is 0.338 e. The number of aryl methyl sites for hydroxylation is 1. The predicted molar refractivity (Wildman–Crippen MR) is 64.2 cm³/mol. The summed E-state index contributed by atoms with van der Waals surface area (Å²) < 4.78 is 0. The van der Waals surface area contributed by atoms with Crippen molar-refractivity contribution in [2.45, 2.75) is 32.6 Å². The zero-order valence-corrected chi connectivity index (χ0v) is 9.97. The molecule has 0 aliphatic heterocycles. The van der Waals surface area contributed by atoms with Crippen LogP contribution in [0.15, 0.2) is 5.38 Å². The van der Waals surface area contributed by atoms with Crippen LogP contribution in [-0.4, -0.2) is 17.5 Å². The van der Waals surface area contributed by atoms with Crippen LogP contribution in [0.1, 0.15) is 42.1 Å². The minimum Gasteiger partial charge on any atom is -0.478 e. The number of carbonyl (C=O) groups excluding carboxylic acids is 1. The van der Waals surface area contributed by atoms with Gasteiger partial charge in [0.15, 0.2) is 0 Å². The summed E-state index contributed by atoms with van der Waals surface area (Å²) in [6.45, 7) is 2.10. The molecule has 0 aromatic carbocycles. The van der Waals surface area contributed by atoms with Gasteiger partial charge >= 0.3 is 5.97 Å². The molecule has 0 saturated carbocycles. The van der Waals surface area contributed by atoms with Crippen LogP contribution in [0.4, 0.5) is 5.00 Å². The second kappa shape index (κ2) is 6.27. The molecule has 1 heterocycles. The van der Waals surface area contributed by atoms with Crippen LogP contribution < -0.4 is 5.32 Å². The number of carboxylic acids is 1. The summed E-state index contributed by atoms with van der Waals surface area (Å²) in [5.41, 5.74) is 1.06. The molecule has 0 atom stereocenters. The van der Waals surface area contributed by atoms with Gasteiger partial charge < -0.3 is 10.4 Å². The third-order valence-electron chi connectivity index (χ3n) is 2.32. The molecule has 0 fully saturated rings. The third kappa shape index (κ3) is 3.06. The molecule has 4 nitrogen and oxygen atoms in total. The van der Waals surface area contributed by atoms with Crippen molar-refractivity contribution >= 4 is 28.7 Å². The van der Waals surface area contributed by atoms with Crippen LogP contribution in [0.2, 0.25) is 0 Å². The van der Waals surface area contributed by atoms with E-state index in [2.05, 4.69) is 12.2 Å². The largest absolute Gasteiger partial charge is 0.478 e. The Bertz CT molecular complexity index is 373. The van der Waals surface area contributed by atoms with Crippen molar-refractivity contribution < 1.29 is 14.7 Å². The quantitative estimate of drug-likeness (QED) is 0.569. The van der Waals surface area contributed by atoms with Crippen molar-refractivity contribution in [1.82, 2.24) is 0 Å². The number of rotatable bonds is 7. The number of unbranched alkanes of at least 4 members (excludes halogenated alkanes) is 2. The fourth-order valence-corrected chi connectivity index (χ4v) is 2.49.